The number of hydrogen-bond donors (Lipinski definition) is 1. The van der Waals surface area contributed by atoms with E-state index < -0.39 is 0 Å². The normalized spacial score (nSPS) is 34.0. The van der Waals surface area contributed by atoms with E-state index in [9.17, 15) is 5.11 Å². The van der Waals surface area contributed by atoms with E-state index in [4.69, 9.17) is 0 Å². The minimum atomic E-state index is -0.127. The third-order valence-corrected chi connectivity index (χ3v) is 2.83. The average molecular weight is 171 g/mol. The van der Waals surface area contributed by atoms with Crippen LogP contribution in [0.15, 0.2) is 0 Å². The van der Waals surface area contributed by atoms with Crippen LogP contribution in [0.2, 0.25) is 0 Å². The van der Waals surface area contributed by atoms with Crippen LogP contribution in [0.1, 0.15) is 33.6 Å². The fourth-order valence-corrected chi connectivity index (χ4v) is 2.04. The van der Waals surface area contributed by atoms with E-state index in [0.29, 0.717) is 6.04 Å². The second-order valence-electron chi connectivity index (χ2n) is 4.21. The van der Waals surface area contributed by atoms with Crippen LogP contribution < -0.4 is 0 Å². The number of likely N-dealkylation sites (tertiary alicyclic amines) is 1. The van der Waals surface area contributed by atoms with Crippen LogP contribution in [0, 0.1) is 5.92 Å². The number of nitrogens with zero attached hydrogens (tertiary/aromatic N) is 1. The molecular weight excluding hydrogens is 150 g/mol. The van der Waals surface area contributed by atoms with Crippen molar-refractivity contribution in [2.24, 2.45) is 5.92 Å². The summed E-state index contributed by atoms with van der Waals surface area (Å²) in [6.45, 7) is 8.61. The zero-order valence-corrected chi connectivity index (χ0v) is 8.45. The molecule has 1 heterocycles. The molecule has 3 unspecified atom stereocenters. The van der Waals surface area contributed by atoms with Crippen LogP contribution in [-0.4, -0.2) is 35.2 Å². The van der Waals surface area contributed by atoms with Gasteiger partial charge in [-0.1, -0.05) is 13.8 Å². The van der Waals surface area contributed by atoms with Crippen LogP contribution in [0.4, 0.5) is 0 Å². The van der Waals surface area contributed by atoms with E-state index in [1.807, 2.05) is 6.92 Å². The summed E-state index contributed by atoms with van der Waals surface area (Å²) in [6, 6.07) is 0.668. The Labute approximate surface area is 75.6 Å². The zero-order valence-electron chi connectivity index (χ0n) is 8.45. The molecule has 0 aromatic carbocycles. The van der Waals surface area contributed by atoms with Gasteiger partial charge in [0, 0.05) is 19.1 Å². The van der Waals surface area contributed by atoms with Crippen molar-refractivity contribution < 1.29 is 5.11 Å². The Bertz CT molecular complexity index is 138. The van der Waals surface area contributed by atoms with Crippen LogP contribution in [0.3, 0.4) is 0 Å². The largest absolute Gasteiger partial charge is 0.392 e. The van der Waals surface area contributed by atoms with Crippen molar-refractivity contribution in [2.45, 2.75) is 45.8 Å². The first-order valence-electron chi connectivity index (χ1n) is 5.05. The number of hydrogen-bond acceptors (Lipinski definition) is 2. The molecule has 0 aromatic rings. The summed E-state index contributed by atoms with van der Waals surface area (Å²) in [5, 5.41) is 9.48. The van der Waals surface area contributed by atoms with Crippen molar-refractivity contribution in [3.05, 3.63) is 0 Å². The predicted octanol–water partition coefficient (Wildman–Crippen LogP) is 1.49. The maximum absolute atomic E-state index is 9.48. The van der Waals surface area contributed by atoms with Gasteiger partial charge in [0.05, 0.1) is 6.10 Å². The van der Waals surface area contributed by atoms with Gasteiger partial charge in [-0.25, -0.2) is 0 Å². The first-order chi connectivity index (χ1) is 5.63. The Morgan fingerprint density at radius 1 is 1.50 bits per heavy atom. The van der Waals surface area contributed by atoms with Crippen molar-refractivity contribution in [1.82, 2.24) is 4.90 Å². The Kier molecular flexibility index (Phi) is 3.53. The first-order valence-corrected chi connectivity index (χ1v) is 5.05. The fraction of sp³-hybridized carbons (Fsp3) is 1.00. The SMILES string of the molecule is CCC(O)CN1CC(C)CC1C. The van der Waals surface area contributed by atoms with Crippen molar-refractivity contribution in [1.29, 1.82) is 0 Å². The molecule has 0 radical (unpaired) electrons. The Morgan fingerprint density at radius 3 is 2.58 bits per heavy atom. The van der Waals surface area contributed by atoms with Gasteiger partial charge in [-0.15, -0.1) is 0 Å². The van der Waals surface area contributed by atoms with Crippen LogP contribution >= 0.6 is 0 Å². The van der Waals surface area contributed by atoms with Gasteiger partial charge in [-0.3, -0.25) is 4.90 Å². The molecule has 0 aromatic heterocycles. The maximum Gasteiger partial charge on any atom is 0.0664 e. The van der Waals surface area contributed by atoms with Crippen LogP contribution in [0.25, 0.3) is 0 Å². The van der Waals surface area contributed by atoms with Gasteiger partial charge in [0.15, 0.2) is 0 Å². The molecular formula is C10H21NO. The number of aliphatic hydroxyl groups is 1. The molecule has 1 rings (SSSR count). The number of rotatable bonds is 3. The second kappa shape index (κ2) is 4.24. The van der Waals surface area contributed by atoms with Crippen molar-refractivity contribution in [3.63, 3.8) is 0 Å². The van der Waals surface area contributed by atoms with Gasteiger partial charge in [0.25, 0.3) is 0 Å². The van der Waals surface area contributed by atoms with Gasteiger partial charge in [-0.2, -0.15) is 0 Å². The molecule has 3 atom stereocenters. The van der Waals surface area contributed by atoms with E-state index in [1.165, 1.54) is 6.42 Å². The molecule has 0 spiro atoms. The van der Waals surface area contributed by atoms with Crippen LogP contribution in [0.5, 0.6) is 0 Å². The third kappa shape index (κ3) is 2.46. The van der Waals surface area contributed by atoms with Crippen molar-refractivity contribution in [2.75, 3.05) is 13.1 Å². The molecule has 1 fully saturated rings. The molecule has 2 heteroatoms. The van der Waals surface area contributed by atoms with E-state index >= 15 is 0 Å². The zero-order chi connectivity index (χ0) is 9.14. The Hall–Kier alpha value is -0.0800. The maximum atomic E-state index is 9.48. The lowest BCUT2D eigenvalue weighted by molar-refractivity contribution is 0.105. The quantitative estimate of drug-likeness (QED) is 0.695. The third-order valence-electron chi connectivity index (χ3n) is 2.83. The lowest BCUT2D eigenvalue weighted by atomic mass is 10.1. The fourth-order valence-electron chi connectivity index (χ4n) is 2.04. The molecule has 0 aliphatic carbocycles. The Balaban J connectivity index is 2.32. The molecule has 1 aliphatic rings. The highest BCUT2D eigenvalue weighted by atomic mass is 16.3. The van der Waals surface area contributed by atoms with E-state index in [2.05, 4.69) is 18.7 Å². The van der Waals surface area contributed by atoms with E-state index in [1.54, 1.807) is 0 Å². The summed E-state index contributed by atoms with van der Waals surface area (Å²) >= 11 is 0. The van der Waals surface area contributed by atoms with Gasteiger partial charge in [0.1, 0.15) is 0 Å². The van der Waals surface area contributed by atoms with Gasteiger partial charge < -0.3 is 5.11 Å². The molecule has 0 saturated carbocycles. The molecule has 12 heavy (non-hydrogen) atoms. The average Bonchev–Trinajstić information content (AvgIpc) is 2.30. The smallest absolute Gasteiger partial charge is 0.0664 e. The molecule has 1 aliphatic heterocycles. The highest BCUT2D eigenvalue weighted by molar-refractivity contribution is 4.81. The van der Waals surface area contributed by atoms with Crippen molar-refractivity contribution in [3.8, 4) is 0 Å². The molecule has 2 nitrogen and oxygen atoms in total. The van der Waals surface area contributed by atoms with E-state index in [0.717, 1.165) is 25.4 Å². The summed E-state index contributed by atoms with van der Waals surface area (Å²) in [4.78, 5) is 2.40. The molecule has 0 amide bonds. The summed E-state index contributed by atoms with van der Waals surface area (Å²) in [6.07, 6.45) is 2.03. The Morgan fingerprint density at radius 2 is 2.17 bits per heavy atom. The van der Waals surface area contributed by atoms with Gasteiger partial charge >= 0.3 is 0 Å². The highest BCUT2D eigenvalue weighted by Gasteiger charge is 2.26. The van der Waals surface area contributed by atoms with Crippen molar-refractivity contribution >= 4 is 0 Å². The molecule has 1 N–H and O–H groups in total. The van der Waals surface area contributed by atoms with E-state index in [-0.39, 0.29) is 6.10 Å². The summed E-state index contributed by atoms with van der Waals surface area (Å²) < 4.78 is 0. The summed E-state index contributed by atoms with van der Waals surface area (Å²) in [5.74, 6) is 0.809. The second-order valence-corrected chi connectivity index (χ2v) is 4.21. The standard InChI is InChI=1S/C10H21NO/c1-4-10(12)7-11-6-8(2)5-9(11)3/h8-10,12H,4-7H2,1-3H3. The summed E-state index contributed by atoms with van der Waals surface area (Å²) in [7, 11) is 0. The highest BCUT2D eigenvalue weighted by Crippen LogP contribution is 2.22. The number of aliphatic hydroxyl groups excluding tert-OH is 1. The lowest BCUT2D eigenvalue weighted by Crippen LogP contribution is -2.34. The van der Waals surface area contributed by atoms with Gasteiger partial charge in [-0.05, 0) is 25.7 Å². The monoisotopic (exact) mass is 171 g/mol. The minimum absolute atomic E-state index is 0.127. The lowest BCUT2D eigenvalue weighted by Gasteiger charge is -2.23. The number of β-amino-alcohol motifs (C(OH)–C–C–N with tert-alkyl or cyclic N) is 1. The minimum Gasteiger partial charge on any atom is -0.392 e. The van der Waals surface area contributed by atoms with Crippen LogP contribution in [-0.2, 0) is 0 Å². The topological polar surface area (TPSA) is 23.5 Å². The first kappa shape index (κ1) is 10.0. The molecule has 0 bridgehead atoms. The predicted molar refractivity (Wildman–Crippen MR) is 51.1 cm³/mol. The summed E-state index contributed by atoms with van der Waals surface area (Å²) in [5.41, 5.74) is 0. The van der Waals surface area contributed by atoms with Gasteiger partial charge in [0.2, 0.25) is 0 Å². The molecule has 72 valence electrons. The molecule has 1 saturated heterocycles.